The fourth-order valence-electron chi connectivity index (χ4n) is 2.00. The van der Waals surface area contributed by atoms with Gasteiger partial charge in [-0.3, -0.25) is 0 Å². The molecule has 1 fully saturated rings. The molecule has 16 heavy (non-hydrogen) atoms. The maximum Gasteiger partial charge on any atom is 0.145 e. The molecular weight excluding hydrogens is 206 g/mol. The summed E-state index contributed by atoms with van der Waals surface area (Å²) in [7, 11) is 0. The molecule has 0 radical (unpaired) electrons. The highest BCUT2D eigenvalue weighted by molar-refractivity contribution is 5.45. The van der Waals surface area contributed by atoms with Gasteiger partial charge in [0.2, 0.25) is 0 Å². The maximum atomic E-state index is 10.1. The number of nitrogens with one attached hydrogen (secondary N) is 2. The lowest BCUT2D eigenvalue weighted by Crippen LogP contribution is -2.33. The third-order valence-electron chi connectivity index (χ3n) is 2.95. The number of hydrazine groups is 1. The summed E-state index contributed by atoms with van der Waals surface area (Å²) < 4.78 is 0. The normalized spacial score (nSPS) is 18.4. The minimum atomic E-state index is -0.582. The SMILES string of the molecule is NNc1cc(NCC2(O)CCCC2)ncn1. The van der Waals surface area contributed by atoms with Gasteiger partial charge in [-0.25, -0.2) is 15.8 Å². The molecule has 0 saturated heterocycles. The number of anilines is 2. The summed E-state index contributed by atoms with van der Waals surface area (Å²) in [6.45, 7) is 0.522. The van der Waals surface area contributed by atoms with Gasteiger partial charge in [-0.15, -0.1) is 0 Å². The predicted octanol–water partition coefficient (Wildman–Crippen LogP) is 0.479. The molecule has 1 saturated carbocycles. The number of hydrogen-bond acceptors (Lipinski definition) is 6. The highest BCUT2D eigenvalue weighted by Gasteiger charge is 2.30. The molecule has 0 aromatic carbocycles. The predicted molar refractivity (Wildman–Crippen MR) is 61.7 cm³/mol. The van der Waals surface area contributed by atoms with Gasteiger partial charge in [-0.1, -0.05) is 12.8 Å². The van der Waals surface area contributed by atoms with Crippen LogP contribution in [-0.2, 0) is 0 Å². The Labute approximate surface area is 94.3 Å². The Bertz CT molecular complexity index is 351. The minimum absolute atomic E-state index is 0.522. The van der Waals surface area contributed by atoms with Crippen LogP contribution in [0.25, 0.3) is 0 Å². The van der Waals surface area contributed by atoms with Crippen molar-refractivity contribution in [3.63, 3.8) is 0 Å². The van der Waals surface area contributed by atoms with Crippen molar-refractivity contribution in [1.29, 1.82) is 0 Å². The lowest BCUT2D eigenvalue weighted by atomic mass is 10.0. The average Bonchev–Trinajstić information content (AvgIpc) is 2.75. The van der Waals surface area contributed by atoms with Crippen LogP contribution in [0.1, 0.15) is 25.7 Å². The fourth-order valence-corrected chi connectivity index (χ4v) is 2.00. The van der Waals surface area contributed by atoms with Gasteiger partial charge in [-0.05, 0) is 12.8 Å². The van der Waals surface area contributed by atoms with Crippen molar-refractivity contribution >= 4 is 11.6 Å². The van der Waals surface area contributed by atoms with Crippen LogP contribution < -0.4 is 16.6 Å². The molecule has 0 bridgehead atoms. The maximum absolute atomic E-state index is 10.1. The van der Waals surface area contributed by atoms with Crippen molar-refractivity contribution in [1.82, 2.24) is 9.97 Å². The Morgan fingerprint density at radius 1 is 1.31 bits per heavy atom. The van der Waals surface area contributed by atoms with Crippen LogP contribution >= 0.6 is 0 Å². The molecule has 0 spiro atoms. The molecular formula is C10H17N5O. The Morgan fingerprint density at radius 2 is 2.00 bits per heavy atom. The Hall–Kier alpha value is -1.40. The van der Waals surface area contributed by atoms with Gasteiger partial charge >= 0.3 is 0 Å². The summed E-state index contributed by atoms with van der Waals surface area (Å²) in [6.07, 6.45) is 5.32. The third-order valence-corrected chi connectivity index (χ3v) is 2.95. The molecule has 1 aromatic rings. The lowest BCUT2D eigenvalue weighted by Gasteiger charge is -2.22. The number of hydrogen-bond donors (Lipinski definition) is 4. The quantitative estimate of drug-likeness (QED) is 0.438. The van der Waals surface area contributed by atoms with Crippen molar-refractivity contribution in [2.45, 2.75) is 31.3 Å². The lowest BCUT2D eigenvalue weighted by molar-refractivity contribution is 0.0614. The molecule has 0 amide bonds. The second kappa shape index (κ2) is 4.63. The van der Waals surface area contributed by atoms with Gasteiger partial charge in [0, 0.05) is 12.6 Å². The topological polar surface area (TPSA) is 96.1 Å². The van der Waals surface area contributed by atoms with Gasteiger partial charge in [0.25, 0.3) is 0 Å². The van der Waals surface area contributed by atoms with Gasteiger partial charge in [-0.2, -0.15) is 0 Å². The van der Waals surface area contributed by atoms with E-state index < -0.39 is 5.60 Å². The van der Waals surface area contributed by atoms with Crippen LogP contribution in [0.3, 0.4) is 0 Å². The number of nitrogens with zero attached hydrogens (tertiary/aromatic N) is 2. The molecule has 88 valence electrons. The van der Waals surface area contributed by atoms with Crippen molar-refractivity contribution in [2.75, 3.05) is 17.3 Å². The molecule has 1 aliphatic carbocycles. The zero-order valence-corrected chi connectivity index (χ0v) is 9.11. The van der Waals surface area contributed by atoms with E-state index in [1.807, 2.05) is 0 Å². The van der Waals surface area contributed by atoms with Crippen LogP contribution in [0.4, 0.5) is 11.6 Å². The number of nitrogen functional groups attached to an aromatic ring is 1. The van der Waals surface area contributed by atoms with E-state index in [0.717, 1.165) is 25.7 Å². The number of rotatable bonds is 4. The van der Waals surface area contributed by atoms with E-state index in [4.69, 9.17) is 5.84 Å². The standard InChI is InChI=1S/C10H17N5O/c11-15-9-5-8(13-7-14-9)12-6-10(16)3-1-2-4-10/h5,7,16H,1-4,6,11H2,(H2,12,13,14,15). The summed E-state index contributed by atoms with van der Waals surface area (Å²) in [5, 5.41) is 13.2. The molecule has 0 aliphatic heterocycles. The van der Waals surface area contributed by atoms with Crippen molar-refractivity contribution < 1.29 is 5.11 Å². The van der Waals surface area contributed by atoms with Gasteiger partial charge < -0.3 is 15.8 Å². The summed E-state index contributed by atoms with van der Waals surface area (Å²) in [5.41, 5.74) is 1.87. The molecule has 0 unspecified atom stereocenters. The monoisotopic (exact) mass is 223 g/mol. The molecule has 0 atom stereocenters. The summed E-state index contributed by atoms with van der Waals surface area (Å²) in [4.78, 5) is 7.96. The van der Waals surface area contributed by atoms with E-state index in [-0.39, 0.29) is 0 Å². The van der Waals surface area contributed by atoms with Crippen LogP contribution in [-0.4, -0.2) is 27.2 Å². The van der Waals surface area contributed by atoms with E-state index in [0.29, 0.717) is 18.2 Å². The molecule has 2 rings (SSSR count). The number of aromatic nitrogens is 2. The van der Waals surface area contributed by atoms with Crippen LogP contribution in [0, 0.1) is 0 Å². The Balaban J connectivity index is 1.93. The van der Waals surface area contributed by atoms with Crippen molar-refractivity contribution in [2.24, 2.45) is 5.84 Å². The first kappa shape index (κ1) is 11.1. The average molecular weight is 223 g/mol. The molecule has 1 aromatic heterocycles. The minimum Gasteiger partial charge on any atom is -0.388 e. The van der Waals surface area contributed by atoms with Gasteiger partial charge in [0.15, 0.2) is 0 Å². The molecule has 6 heteroatoms. The first-order valence-electron chi connectivity index (χ1n) is 5.47. The van der Waals surface area contributed by atoms with Gasteiger partial charge in [0.1, 0.15) is 18.0 Å². The molecule has 5 N–H and O–H groups in total. The van der Waals surface area contributed by atoms with Crippen LogP contribution in [0.2, 0.25) is 0 Å². The first-order chi connectivity index (χ1) is 7.72. The van der Waals surface area contributed by atoms with Crippen molar-refractivity contribution in [3.8, 4) is 0 Å². The van der Waals surface area contributed by atoms with E-state index >= 15 is 0 Å². The van der Waals surface area contributed by atoms with Gasteiger partial charge in [0.05, 0.1) is 5.60 Å². The zero-order chi connectivity index (χ0) is 11.4. The summed E-state index contributed by atoms with van der Waals surface area (Å²) in [6, 6.07) is 1.71. The second-order valence-corrected chi connectivity index (χ2v) is 4.22. The molecule has 1 heterocycles. The smallest absolute Gasteiger partial charge is 0.145 e. The zero-order valence-electron chi connectivity index (χ0n) is 9.11. The largest absolute Gasteiger partial charge is 0.388 e. The highest BCUT2D eigenvalue weighted by atomic mass is 16.3. The highest BCUT2D eigenvalue weighted by Crippen LogP contribution is 2.29. The Morgan fingerprint density at radius 3 is 2.69 bits per heavy atom. The first-order valence-corrected chi connectivity index (χ1v) is 5.47. The number of nitrogens with two attached hydrogens (primary N) is 1. The molecule has 1 aliphatic rings. The van der Waals surface area contributed by atoms with E-state index in [9.17, 15) is 5.11 Å². The second-order valence-electron chi connectivity index (χ2n) is 4.22. The third kappa shape index (κ3) is 2.59. The fraction of sp³-hybridized carbons (Fsp3) is 0.600. The van der Waals surface area contributed by atoms with Crippen molar-refractivity contribution in [3.05, 3.63) is 12.4 Å². The molecule has 6 nitrogen and oxygen atoms in total. The van der Waals surface area contributed by atoms with Crippen LogP contribution in [0.5, 0.6) is 0 Å². The van der Waals surface area contributed by atoms with Crippen LogP contribution in [0.15, 0.2) is 12.4 Å². The van der Waals surface area contributed by atoms with E-state index in [1.54, 1.807) is 6.07 Å². The van der Waals surface area contributed by atoms with E-state index in [1.165, 1.54) is 6.33 Å². The Kier molecular flexibility index (Phi) is 3.21. The number of aliphatic hydroxyl groups is 1. The summed E-state index contributed by atoms with van der Waals surface area (Å²) in [5.74, 6) is 6.47. The van der Waals surface area contributed by atoms with E-state index in [2.05, 4.69) is 20.7 Å². The summed E-state index contributed by atoms with van der Waals surface area (Å²) >= 11 is 0.